The lowest BCUT2D eigenvalue weighted by Gasteiger charge is -2.24. The molecule has 1 saturated heterocycles. The minimum absolute atomic E-state index is 0.0320. The number of amides is 4. The molecule has 0 radical (unpaired) electrons. The first-order valence-electron chi connectivity index (χ1n) is 8.95. The highest BCUT2D eigenvalue weighted by molar-refractivity contribution is 5.99. The van der Waals surface area contributed by atoms with Gasteiger partial charge < -0.3 is 10.2 Å². The normalized spacial score (nSPS) is 20.2. The van der Waals surface area contributed by atoms with E-state index in [0.717, 1.165) is 4.57 Å². The third-order valence-corrected chi connectivity index (χ3v) is 4.32. The van der Waals surface area contributed by atoms with E-state index in [4.69, 9.17) is 1.37 Å². The second-order valence-electron chi connectivity index (χ2n) is 6.53. The molecule has 0 bridgehead atoms. The maximum atomic E-state index is 13.1. The van der Waals surface area contributed by atoms with Crippen molar-refractivity contribution >= 4 is 28.7 Å². The van der Waals surface area contributed by atoms with Crippen molar-refractivity contribution in [2.45, 2.75) is 32.3 Å². The molecule has 0 aliphatic carbocycles. The number of nitrogens with zero attached hydrogens (tertiary/aromatic N) is 3. The molecule has 1 aromatic heterocycles. The number of rotatable bonds is 3. The zero-order chi connectivity index (χ0) is 20.6. The van der Waals surface area contributed by atoms with Crippen LogP contribution in [-0.4, -0.2) is 46.4 Å². The summed E-state index contributed by atoms with van der Waals surface area (Å²) in [6, 6.07) is 2.79. The molecule has 142 valence electrons. The molecule has 1 atom stereocenters. The highest BCUT2D eigenvalue weighted by atomic mass is 16.2. The lowest BCUT2D eigenvalue weighted by atomic mass is 10.0. The molecule has 3 rings (SSSR count). The summed E-state index contributed by atoms with van der Waals surface area (Å²) in [7, 11) is 3.24. The van der Waals surface area contributed by atoms with Crippen molar-refractivity contribution in [3.8, 4) is 0 Å². The summed E-state index contributed by atoms with van der Waals surface area (Å²) >= 11 is 0. The Morgan fingerprint density at radius 3 is 2.81 bits per heavy atom. The lowest BCUT2D eigenvalue weighted by Crippen LogP contribution is -2.45. The van der Waals surface area contributed by atoms with Gasteiger partial charge in [0.1, 0.15) is 11.8 Å². The molecule has 1 aliphatic heterocycles. The van der Waals surface area contributed by atoms with E-state index in [1.807, 2.05) is 0 Å². The Bertz CT molecular complexity index is 1050. The number of nitrogens with one attached hydrogen (secondary N) is 2. The van der Waals surface area contributed by atoms with Crippen molar-refractivity contribution in [1.29, 1.82) is 0 Å². The summed E-state index contributed by atoms with van der Waals surface area (Å²) in [6.07, 6.45) is -0.139. The number of carbonyl (C=O) groups excluding carboxylic acids is 3. The fraction of sp³-hybridized carbons (Fsp3) is 0.389. The summed E-state index contributed by atoms with van der Waals surface area (Å²) in [6.45, 7) is 1.76. The van der Waals surface area contributed by atoms with Crippen LogP contribution < -0.4 is 16.2 Å². The van der Waals surface area contributed by atoms with Crippen LogP contribution in [0.3, 0.4) is 0 Å². The largest absolute Gasteiger partial charge is 0.334 e. The van der Waals surface area contributed by atoms with Gasteiger partial charge >= 0.3 is 6.03 Å². The molecule has 9 nitrogen and oxygen atoms in total. The van der Waals surface area contributed by atoms with Crippen LogP contribution in [0.25, 0.3) is 10.9 Å². The number of imide groups is 1. The van der Waals surface area contributed by atoms with Crippen molar-refractivity contribution in [3.05, 3.63) is 39.9 Å². The minimum Gasteiger partial charge on any atom is -0.334 e. The van der Waals surface area contributed by atoms with E-state index in [1.54, 1.807) is 39.2 Å². The number of benzene rings is 1. The molecular formula is C18H21N5O4. The van der Waals surface area contributed by atoms with Crippen molar-refractivity contribution in [3.63, 3.8) is 0 Å². The Morgan fingerprint density at radius 2 is 2.15 bits per heavy atom. The second kappa shape index (κ2) is 7.18. The predicted octanol–water partition coefficient (Wildman–Crippen LogP) is 0.454. The monoisotopic (exact) mass is 372 g/mol. The molecule has 9 heteroatoms. The van der Waals surface area contributed by atoms with Gasteiger partial charge in [-0.3, -0.25) is 24.3 Å². The molecule has 1 fully saturated rings. The van der Waals surface area contributed by atoms with Gasteiger partial charge in [0, 0.05) is 27.1 Å². The number of hydrogen-bond donors (Lipinski definition) is 2. The Kier molecular flexibility index (Phi) is 4.57. The van der Waals surface area contributed by atoms with Crippen LogP contribution >= 0.6 is 0 Å². The van der Waals surface area contributed by atoms with Gasteiger partial charge in [-0.2, -0.15) is 0 Å². The van der Waals surface area contributed by atoms with Gasteiger partial charge in [0.25, 0.3) is 5.56 Å². The Labute approximate surface area is 156 Å². The van der Waals surface area contributed by atoms with E-state index in [9.17, 15) is 19.2 Å². The Hall–Kier alpha value is -3.23. The fourth-order valence-electron chi connectivity index (χ4n) is 2.93. The van der Waals surface area contributed by atoms with Gasteiger partial charge in [-0.15, -0.1) is 0 Å². The molecule has 0 unspecified atom stereocenters. The maximum absolute atomic E-state index is 13.1. The zero-order valence-corrected chi connectivity index (χ0v) is 15.3. The van der Waals surface area contributed by atoms with Crippen LogP contribution in [0.4, 0.5) is 4.79 Å². The number of aromatic nitrogens is 2. The predicted molar refractivity (Wildman–Crippen MR) is 98.1 cm³/mol. The minimum atomic E-state index is -1.94. The Balaban J connectivity index is 2.05. The lowest BCUT2D eigenvalue weighted by molar-refractivity contribution is -0.135. The van der Waals surface area contributed by atoms with Crippen molar-refractivity contribution < 1.29 is 15.8 Å². The molecule has 0 saturated carbocycles. The molecular weight excluding hydrogens is 350 g/mol. The zero-order valence-electron chi connectivity index (χ0n) is 16.3. The van der Waals surface area contributed by atoms with E-state index in [2.05, 4.69) is 15.6 Å². The van der Waals surface area contributed by atoms with Crippen molar-refractivity contribution in [2.24, 2.45) is 0 Å². The average Bonchev–Trinajstić information content (AvgIpc) is 2.63. The van der Waals surface area contributed by atoms with Gasteiger partial charge in [0.2, 0.25) is 11.8 Å². The second-order valence-corrected chi connectivity index (χ2v) is 6.53. The van der Waals surface area contributed by atoms with Gasteiger partial charge in [0.05, 0.1) is 12.3 Å². The number of piperidine rings is 1. The first-order valence-corrected chi connectivity index (χ1v) is 8.45. The number of urea groups is 1. The van der Waals surface area contributed by atoms with Crippen LogP contribution in [0.2, 0.25) is 0 Å². The van der Waals surface area contributed by atoms with Crippen molar-refractivity contribution in [1.82, 2.24) is 25.1 Å². The van der Waals surface area contributed by atoms with E-state index in [0.29, 0.717) is 11.1 Å². The first kappa shape index (κ1) is 17.2. The molecule has 1 aliphatic rings. The number of hydrogen-bond acceptors (Lipinski definition) is 5. The topological polar surface area (TPSA) is 113 Å². The molecule has 27 heavy (non-hydrogen) atoms. The van der Waals surface area contributed by atoms with E-state index in [-0.39, 0.29) is 36.6 Å². The Morgan fingerprint density at radius 1 is 1.41 bits per heavy atom. The van der Waals surface area contributed by atoms with Gasteiger partial charge in [0.15, 0.2) is 0 Å². The molecule has 1 aromatic carbocycles. The van der Waals surface area contributed by atoms with Gasteiger partial charge in [-0.1, -0.05) is 6.07 Å². The van der Waals surface area contributed by atoms with Crippen LogP contribution in [-0.2, 0) is 16.1 Å². The van der Waals surface area contributed by atoms with Gasteiger partial charge in [-0.05, 0) is 31.0 Å². The standard InChI is InChI=1S/C18H21N5O4/c1-10-20-13-5-4-11(9-19-18(27)22(2)3)8-12(13)17(26)23(10)14-6-7-15(24)21-16(14)25/h4-5,8,14H,6-7,9H2,1-3H3,(H,19,27)(H,21,24,25)/t14-/m1/s1/i14D. The highest BCUT2D eigenvalue weighted by Gasteiger charge is 2.30. The molecule has 2 aromatic rings. The molecule has 2 heterocycles. The molecule has 4 amide bonds. The van der Waals surface area contributed by atoms with Crippen LogP contribution in [0.1, 0.15) is 31.6 Å². The summed E-state index contributed by atoms with van der Waals surface area (Å²) in [5, 5.41) is 5.07. The summed E-state index contributed by atoms with van der Waals surface area (Å²) in [5.41, 5.74) is 0.569. The average molecular weight is 372 g/mol. The smallest absolute Gasteiger partial charge is 0.317 e. The fourth-order valence-corrected chi connectivity index (χ4v) is 2.93. The third kappa shape index (κ3) is 3.67. The van der Waals surface area contributed by atoms with Crippen LogP contribution in [0.15, 0.2) is 23.0 Å². The van der Waals surface area contributed by atoms with Crippen molar-refractivity contribution in [2.75, 3.05) is 14.1 Å². The maximum Gasteiger partial charge on any atom is 0.317 e. The van der Waals surface area contributed by atoms with Crippen LogP contribution in [0.5, 0.6) is 0 Å². The number of aryl methyl sites for hydroxylation is 1. The molecule has 2 N–H and O–H groups in total. The summed E-state index contributed by atoms with van der Waals surface area (Å²) in [4.78, 5) is 54.3. The quantitative estimate of drug-likeness (QED) is 0.760. The first-order chi connectivity index (χ1) is 13.1. The SMILES string of the molecule is [2H][C@@]1(n2c(C)nc3ccc(CNC(=O)N(C)C)cc3c2=O)CCC(=O)NC1=O. The number of carbonyl (C=O) groups is 3. The summed E-state index contributed by atoms with van der Waals surface area (Å²) in [5.74, 6) is -1.10. The van der Waals surface area contributed by atoms with Crippen LogP contribution in [0, 0.1) is 6.92 Å². The molecule has 0 spiro atoms. The summed E-state index contributed by atoms with van der Waals surface area (Å²) < 4.78 is 9.58. The van der Waals surface area contributed by atoms with Gasteiger partial charge in [-0.25, -0.2) is 9.78 Å². The number of fused-ring (bicyclic) bond motifs is 1. The van der Waals surface area contributed by atoms with E-state index in [1.165, 1.54) is 4.90 Å². The highest BCUT2D eigenvalue weighted by Crippen LogP contribution is 2.20. The van der Waals surface area contributed by atoms with E-state index >= 15 is 0 Å². The van der Waals surface area contributed by atoms with E-state index < -0.39 is 23.4 Å². The third-order valence-electron chi connectivity index (χ3n) is 4.32.